The van der Waals surface area contributed by atoms with Gasteiger partial charge in [0.15, 0.2) is 0 Å². The molecule has 0 spiro atoms. The topological polar surface area (TPSA) is 36.9 Å². The highest BCUT2D eigenvalue weighted by Gasteiger charge is 2.36. The molecular weight excluding hydrogens is 380 g/mol. The Labute approximate surface area is 183 Å². The minimum Gasteiger partial charge on any atom is -0.392 e. The van der Waals surface area contributed by atoms with Crippen LogP contribution in [0.1, 0.15) is 105 Å². The van der Waals surface area contributed by atoms with Gasteiger partial charge >= 0.3 is 8.56 Å². The third-order valence-corrected chi connectivity index (χ3v) is 9.11. The van der Waals surface area contributed by atoms with Crippen LogP contribution in [0, 0.1) is 0 Å². The van der Waals surface area contributed by atoms with Crippen molar-refractivity contribution in [3.8, 4) is 0 Å². The second kappa shape index (κ2) is 22.7. The average Bonchev–Trinajstić information content (AvgIpc) is 2.73. The third kappa shape index (κ3) is 18.5. The van der Waals surface area contributed by atoms with E-state index in [1.54, 1.807) is 0 Å². The highest BCUT2D eigenvalue weighted by Crippen LogP contribution is 2.26. The number of hydrogen-bond acceptors (Lipinski definition) is 4. The van der Waals surface area contributed by atoms with E-state index in [4.69, 9.17) is 18.3 Å². The Morgan fingerprint density at radius 3 is 1.21 bits per heavy atom. The Balaban J connectivity index is 4.63. The van der Waals surface area contributed by atoms with E-state index < -0.39 is 8.56 Å². The first kappa shape index (κ1) is 29.1. The first-order chi connectivity index (χ1) is 14.2. The lowest BCUT2D eigenvalue weighted by molar-refractivity contribution is 0.0636. The van der Waals surface area contributed by atoms with Crippen molar-refractivity contribution in [2.24, 2.45) is 0 Å². The summed E-state index contributed by atoms with van der Waals surface area (Å²) in [5.74, 6) is 0. The molecule has 0 unspecified atom stereocenters. The Hall–Kier alpha value is 0.0569. The van der Waals surface area contributed by atoms with E-state index in [1.807, 2.05) is 13.8 Å². The van der Waals surface area contributed by atoms with Crippen molar-refractivity contribution in [1.29, 1.82) is 0 Å². The van der Waals surface area contributed by atoms with Gasteiger partial charge in [0.1, 0.15) is 0 Å². The number of ether oxygens (including phenoxy) is 2. The fourth-order valence-corrected chi connectivity index (χ4v) is 7.07. The van der Waals surface area contributed by atoms with Crippen molar-refractivity contribution in [3.63, 3.8) is 0 Å². The van der Waals surface area contributed by atoms with Crippen molar-refractivity contribution >= 4 is 8.56 Å². The van der Waals surface area contributed by atoms with Gasteiger partial charge in [0.25, 0.3) is 0 Å². The van der Waals surface area contributed by atoms with Gasteiger partial charge in [-0.25, -0.2) is 0 Å². The average molecular weight is 433 g/mol. The molecule has 0 atom stereocenters. The minimum absolute atomic E-state index is 0.667. The molecule has 0 fully saturated rings. The first-order valence-electron chi connectivity index (χ1n) is 12.7. The molecule has 0 amide bonds. The Kier molecular flexibility index (Phi) is 22.8. The lowest BCUT2D eigenvalue weighted by atomic mass is 10.1. The molecule has 0 aliphatic rings. The molecule has 0 N–H and O–H groups in total. The third-order valence-electron chi connectivity index (χ3n) is 5.42. The fraction of sp³-hybridized carbons (Fsp3) is 1.00. The summed E-state index contributed by atoms with van der Waals surface area (Å²) in [6.07, 6.45) is 15.8. The van der Waals surface area contributed by atoms with E-state index in [9.17, 15) is 0 Å². The van der Waals surface area contributed by atoms with Crippen LogP contribution in [-0.4, -0.2) is 48.2 Å². The summed E-state index contributed by atoms with van der Waals surface area (Å²) in [6, 6.07) is 2.23. The van der Waals surface area contributed by atoms with E-state index in [0.29, 0.717) is 26.4 Å². The van der Waals surface area contributed by atoms with Gasteiger partial charge in [0.2, 0.25) is 0 Å². The van der Waals surface area contributed by atoms with E-state index in [1.165, 1.54) is 77.0 Å². The maximum absolute atomic E-state index is 6.50. The standard InChI is InChI=1S/C24H52O4Si/c1-5-9-11-13-15-17-23-29(27-21-19-25-7-3,28-22-20-26-8-4)24-18-16-14-12-10-6-2/h5-24H2,1-4H3. The van der Waals surface area contributed by atoms with Gasteiger partial charge < -0.3 is 18.3 Å². The van der Waals surface area contributed by atoms with E-state index in [0.717, 1.165) is 25.3 Å². The fourth-order valence-electron chi connectivity index (χ4n) is 3.67. The molecule has 29 heavy (non-hydrogen) atoms. The lowest BCUT2D eigenvalue weighted by Crippen LogP contribution is -2.44. The van der Waals surface area contributed by atoms with Crippen molar-refractivity contribution in [2.75, 3.05) is 39.6 Å². The Bertz CT molecular complexity index is 285. The normalized spacial score (nSPS) is 12.0. The van der Waals surface area contributed by atoms with Gasteiger partial charge in [-0.3, -0.25) is 0 Å². The predicted octanol–water partition coefficient (Wildman–Crippen LogP) is 7.26. The zero-order valence-corrected chi connectivity index (χ0v) is 21.3. The van der Waals surface area contributed by atoms with Crippen LogP contribution in [0.2, 0.25) is 12.1 Å². The van der Waals surface area contributed by atoms with Crippen molar-refractivity contribution in [3.05, 3.63) is 0 Å². The van der Waals surface area contributed by atoms with Crippen molar-refractivity contribution < 1.29 is 18.3 Å². The maximum Gasteiger partial charge on any atom is 0.338 e. The number of rotatable bonds is 24. The number of hydrogen-bond donors (Lipinski definition) is 0. The zero-order valence-electron chi connectivity index (χ0n) is 20.3. The van der Waals surface area contributed by atoms with Crippen LogP contribution in [0.15, 0.2) is 0 Å². The summed E-state index contributed by atoms with van der Waals surface area (Å²) >= 11 is 0. The second-order valence-electron chi connectivity index (χ2n) is 8.04. The van der Waals surface area contributed by atoms with Crippen LogP contribution in [0.25, 0.3) is 0 Å². The lowest BCUT2D eigenvalue weighted by Gasteiger charge is -2.31. The Morgan fingerprint density at radius 1 is 0.448 bits per heavy atom. The molecule has 0 radical (unpaired) electrons. The molecular formula is C24H52O4Si. The highest BCUT2D eigenvalue weighted by molar-refractivity contribution is 6.67. The molecule has 0 aromatic heterocycles. The smallest absolute Gasteiger partial charge is 0.338 e. The minimum atomic E-state index is -2.19. The second-order valence-corrected chi connectivity index (χ2v) is 11.4. The molecule has 0 aliphatic carbocycles. The molecule has 0 saturated heterocycles. The number of unbranched alkanes of at least 4 members (excludes halogenated alkanes) is 10. The monoisotopic (exact) mass is 432 g/mol. The summed E-state index contributed by atoms with van der Waals surface area (Å²) < 4.78 is 24.1. The quantitative estimate of drug-likeness (QED) is 0.119. The van der Waals surface area contributed by atoms with Crippen molar-refractivity contribution in [2.45, 2.75) is 117 Å². The largest absolute Gasteiger partial charge is 0.392 e. The maximum atomic E-state index is 6.50. The summed E-state index contributed by atoms with van der Waals surface area (Å²) in [4.78, 5) is 0. The van der Waals surface area contributed by atoms with Crippen LogP contribution in [-0.2, 0) is 18.3 Å². The molecule has 0 aromatic rings. The molecule has 0 aromatic carbocycles. The van der Waals surface area contributed by atoms with Gasteiger partial charge in [-0.2, -0.15) is 0 Å². The van der Waals surface area contributed by atoms with Crippen LogP contribution >= 0.6 is 0 Å². The van der Waals surface area contributed by atoms with E-state index >= 15 is 0 Å². The molecule has 0 heterocycles. The van der Waals surface area contributed by atoms with Gasteiger partial charge in [-0.05, 0) is 25.9 Å². The van der Waals surface area contributed by atoms with Crippen LogP contribution in [0.3, 0.4) is 0 Å². The van der Waals surface area contributed by atoms with Gasteiger partial charge in [-0.1, -0.05) is 90.9 Å². The summed E-state index contributed by atoms with van der Waals surface area (Å²) in [5.41, 5.74) is 0. The Morgan fingerprint density at radius 2 is 0.828 bits per heavy atom. The summed E-state index contributed by atoms with van der Waals surface area (Å²) in [7, 11) is -2.19. The van der Waals surface area contributed by atoms with Crippen LogP contribution < -0.4 is 0 Å². The van der Waals surface area contributed by atoms with E-state index in [2.05, 4.69) is 13.8 Å². The molecule has 4 nitrogen and oxygen atoms in total. The first-order valence-corrected chi connectivity index (χ1v) is 14.9. The van der Waals surface area contributed by atoms with Crippen LogP contribution in [0.4, 0.5) is 0 Å². The molecule has 0 saturated carbocycles. The van der Waals surface area contributed by atoms with Crippen LogP contribution in [0.5, 0.6) is 0 Å². The molecule has 176 valence electrons. The van der Waals surface area contributed by atoms with E-state index in [-0.39, 0.29) is 0 Å². The summed E-state index contributed by atoms with van der Waals surface area (Å²) in [5, 5.41) is 0. The molecule has 0 bridgehead atoms. The van der Waals surface area contributed by atoms with Gasteiger partial charge in [0, 0.05) is 13.2 Å². The molecule has 0 aliphatic heterocycles. The van der Waals surface area contributed by atoms with Crippen molar-refractivity contribution in [1.82, 2.24) is 0 Å². The molecule has 5 heteroatoms. The molecule has 0 rings (SSSR count). The summed E-state index contributed by atoms with van der Waals surface area (Å²) in [6.45, 7) is 12.8. The SMILES string of the molecule is CCCCCCCC[Si](CCCCCCCC)(OCCOCC)OCCOCC. The highest BCUT2D eigenvalue weighted by atomic mass is 28.4. The van der Waals surface area contributed by atoms with Gasteiger partial charge in [-0.15, -0.1) is 0 Å². The zero-order chi connectivity index (χ0) is 21.5. The predicted molar refractivity (Wildman–Crippen MR) is 127 cm³/mol. The van der Waals surface area contributed by atoms with Gasteiger partial charge in [0.05, 0.1) is 26.4 Å².